The average molecular weight is 334 g/mol. The van der Waals surface area contributed by atoms with Gasteiger partial charge < -0.3 is 10.4 Å². The van der Waals surface area contributed by atoms with Crippen LogP contribution in [0.15, 0.2) is 24.3 Å². The molecular weight excluding hydrogens is 310 g/mol. The number of benzene rings is 1. The molecule has 1 saturated carbocycles. The number of hydrogen-bond acceptors (Lipinski definition) is 3. The van der Waals surface area contributed by atoms with Gasteiger partial charge in [0, 0.05) is 28.9 Å². The molecule has 1 fully saturated rings. The normalized spacial score (nSPS) is 21.6. The van der Waals surface area contributed by atoms with Gasteiger partial charge in [0.2, 0.25) is 0 Å². The molecule has 23 heavy (non-hydrogen) atoms. The van der Waals surface area contributed by atoms with Gasteiger partial charge in [0.15, 0.2) is 0 Å². The van der Waals surface area contributed by atoms with E-state index in [-0.39, 0.29) is 6.10 Å². The Labute approximate surface area is 142 Å². The lowest BCUT2D eigenvalue weighted by molar-refractivity contribution is 0.116. The fraction of sp³-hybridized carbons (Fsp3) is 0.500. The second kappa shape index (κ2) is 7.04. The highest BCUT2D eigenvalue weighted by molar-refractivity contribution is 6.30. The number of nitrogens with one attached hydrogen (secondary N) is 1. The van der Waals surface area contributed by atoms with E-state index in [4.69, 9.17) is 11.6 Å². The number of aliphatic hydroxyl groups is 1. The SMILES string of the molecule is Cc1nn(-c2ccc(Cl)cc2)c(C)c1CNC1CCC(O)CC1. The molecule has 124 valence electrons. The summed E-state index contributed by atoms with van der Waals surface area (Å²) in [5.41, 5.74) is 4.50. The Balaban J connectivity index is 1.72. The number of hydrogen-bond donors (Lipinski definition) is 2. The van der Waals surface area contributed by atoms with Crippen LogP contribution in [0.1, 0.15) is 42.6 Å². The van der Waals surface area contributed by atoms with Crippen molar-refractivity contribution in [2.24, 2.45) is 0 Å². The maximum Gasteiger partial charge on any atom is 0.0649 e. The van der Waals surface area contributed by atoms with Crippen molar-refractivity contribution < 1.29 is 5.11 Å². The van der Waals surface area contributed by atoms with Gasteiger partial charge in [0.25, 0.3) is 0 Å². The van der Waals surface area contributed by atoms with E-state index in [0.717, 1.165) is 54.3 Å². The summed E-state index contributed by atoms with van der Waals surface area (Å²) in [4.78, 5) is 0. The largest absolute Gasteiger partial charge is 0.393 e. The maximum absolute atomic E-state index is 9.60. The van der Waals surface area contributed by atoms with Gasteiger partial charge in [-0.15, -0.1) is 0 Å². The smallest absolute Gasteiger partial charge is 0.0649 e. The zero-order valence-electron chi connectivity index (χ0n) is 13.7. The highest BCUT2D eigenvalue weighted by Crippen LogP contribution is 2.22. The third-order valence-corrected chi connectivity index (χ3v) is 5.03. The Morgan fingerprint density at radius 3 is 2.48 bits per heavy atom. The highest BCUT2D eigenvalue weighted by Gasteiger charge is 2.20. The molecule has 0 atom stereocenters. The van der Waals surface area contributed by atoms with E-state index in [1.54, 1.807) is 0 Å². The molecule has 0 saturated heterocycles. The second-order valence-corrected chi connectivity index (χ2v) is 6.86. The van der Waals surface area contributed by atoms with Crippen LogP contribution in [0.3, 0.4) is 0 Å². The topological polar surface area (TPSA) is 50.1 Å². The summed E-state index contributed by atoms with van der Waals surface area (Å²) >= 11 is 5.96. The van der Waals surface area contributed by atoms with Crippen LogP contribution in [0.4, 0.5) is 0 Å². The lowest BCUT2D eigenvalue weighted by atomic mass is 9.93. The Morgan fingerprint density at radius 2 is 1.83 bits per heavy atom. The first-order chi connectivity index (χ1) is 11.0. The van der Waals surface area contributed by atoms with Gasteiger partial charge in [0.1, 0.15) is 0 Å². The summed E-state index contributed by atoms with van der Waals surface area (Å²) in [5.74, 6) is 0. The molecule has 1 aliphatic rings. The summed E-state index contributed by atoms with van der Waals surface area (Å²) in [5, 5.41) is 18.6. The molecule has 1 aromatic heterocycles. The number of halogens is 1. The molecule has 2 aromatic rings. The minimum absolute atomic E-state index is 0.107. The van der Waals surface area contributed by atoms with Crippen molar-refractivity contribution in [2.75, 3.05) is 0 Å². The number of rotatable bonds is 4. The van der Waals surface area contributed by atoms with Crippen molar-refractivity contribution >= 4 is 11.6 Å². The van der Waals surface area contributed by atoms with Crippen LogP contribution in [0.25, 0.3) is 5.69 Å². The van der Waals surface area contributed by atoms with Crippen LogP contribution >= 0.6 is 11.6 Å². The van der Waals surface area contributed by atoms with Crippen molar-refractivity contribution in [2.45, 2.75) is 58.2 Å². The lowest BCUT2D eigenvalue weighted by Gasteiger charge is -2.26. The number of aromatic nitrogens is 2. The molecule has 4 nitrogen and oxygen atoms in total. The molecule has 0 radical (unpaired) electrons. The number of nitrogens with zero attached hydrogens (tertiary/aromatic N) is 2. The van der Waals surface area contributed by atoms with E-state index in [1.165, 1.54) is 5.56 Å². The molecule has 3 rings (SSSR count). The predicted octanol–water partition coefficient (Wildman–Crippen LogP) is 3.54. The highest BCUT2D eigenvalue weighted by atomic mass is 35.5. The Bertz CT molecular complexity index is 658. The summed E-state index contributed by atoms with van der Waals surface area (Å²) in [7, 11) is 0. The monoisotopic (exact) mass is 333 g/mol. The molecule has 0 spiro atoms. The van der Waals surface area contributed by atoms with Crippen molar-refractivity contribution in [1.82, 2.24) is 15.1 Å². The van der Waals surface area contributed by atoms with Crippen molar-refractivity contribution in [3.63, 3.8) is 0 Å². The minimum Gasteiger partial charge on any atom is -0.393 e. The van der Waals surface area contributed by atoms with E-state index in [9.17, 15) is 5.11 Å². The Kier molecular flexibility index (Phi) is 5.05. The maximum atomic E-state index is 9.60. The van der Waals surface area contributed by atoms with E-state index >= 15 is 0 Å². The molecule has 1 aliphatic carbocycles. The zero-order chi connectivity index (χ0) is 16.4. The third-order valence-electron chi connectivity index (χ3n) is 4.78. The van der Waals surface area contributed by atoms with Gasteiger partial charge in [0.05, 0.1) is 17.5 Å². The fourth-order valence-electron chi connectivity index (χ4n) is 3.29. The number of aliphatic hydroxyl groups excluding tert-OH is 1. The van der Waals surface area contributed by atoms with Crippen LogP contribution in [-0.4, -0.2) is 27.0 Å². The van der Waals surface area contributed by atoms with Crippen molar-refractivity contribution in [3.8, 4) is 5.69 Å². The first kappa shape index (κ1) is 16.5. The molecule has 1 heterocycles. The fourth-order valence-corrected chi connectivity index (χ4v) is 3.42. The van der Waals surface area contributed by atoms with E-state index in [1.807, 2.05) is 28.9 Å². The number of aryl methyl sites for hydroxylation is 1. The van der Waals surface area contributed by atoms with Crippen LogP contribution in [0, 0.1) is 13.8 Å². The molecule has 0 bridgehead atoms. The predicted molar refractivity (Wildman–Crippen MR) is 93.2 cm³/mol. The van der Waals surface area contributed by atoms with Crippen molar-refractivity contribution in [1.29, 1.82) is 0 Å². The van der Waals surface area contributed by atoms with Crippen LogP contribution in [0.2, 0.25) is 5.02 Å². The van der Waals surface area contributed by atoms with Gasteiger partial charge >= 0.3 is 0 Å². The van der Waals surface area contributed by atoms with E-state index in [2.05, 4.69) is 24.3 Å². The van der Waals surface area contributed by atoms with Gasteiger partial charge in [-0.05, 0) is 63.8 Å². The molecule has 2 N–H and O–H groups in total. The Morgan fingerprint density at radius 1 is 1.17 bits per heavy atom. The molecule has 0 amide bonds. The Hall–Kier alpha value is -1.36. The van der Waals surface area contributed by atoms with Crippen LogP contribution in [0.5, 0.6) is 0 Å². The molecule has 0 unspecified atom stereocenters. The van der Waals surface area contributed by atoms with Gasteiger partial charge in [-0.3, -0.25) is 0 Å². The third kappa shape index (κ3) is 3.77. The molecule has 1 aromatic carbocycles. The first-order valence-electron chi connectivity index (χ1n) is 8.27. The van der Waals surface area contributed by atoms with E-state index in [0.29, 0.717) is 6.04 Å². The van der Waals surface area contributed by atoms with Gasteiger partial charge in [-0.1, -0.05) is 11.6 Å². The molecule has 5 heteroatoms. The summed E-state index contributed by atoms with van der Waals surface area (Å²) in [6.45, 7) is 4.99. The zero-order valence-corrected chi connectivity index (χ0v) is 14.5. The second-order valence-electron chi connectivity index (χ2n) is 6.42. The average Bonchev–Trinajstić information content (AvgIpc) is 2.82. The lowest BCUT2D eigenvalue weighted by Crippen LogP contribution is -2.34. The molecule has 0 aliphatic heterocycles. The standard InChI is InChI=1S/C18H24ClN3O/c1-12-18(11-20-15-5-9-17(23)10-6-15)13(2)22(21-12)16-7-3-14(19)4-8-16/h3-4,7-8,15,17,20,23H,5-6,9-11H2,1-2H3. The van der Waals surface area contributed by atoms with E-state index < -0.39 is 0 Å². The molecular formula is C18H24ClN3O. The van der Waals surface area contributed by atoms with Crippen LogP contribution < -0.4 is 5.32 Å². The summed E-state index contributed by atoms with van der Waals surface area (Å²) in [6.07, 6.45) is 3.79. The minimum atomic E-state index is -0.107. The first-order valence-corrected chi connectivity index (χ1v) is 8.65. The van der Waals surface area contributed by atoms with Gasteiger partial charge in [-0.25, -0.2) is 4.68 Å². The van der Waals surface area contributed by atoms with Crippen molar-refractivity contribution in [3.05, 3.63) is 46.2 Å². The van der Waals surface area contributed by atoms with Gasteiger partial charge in [-0.2, -0.15) is 5.10 Å². The quantitative estimate of drug-likeness (QED) is 0.899. The summed E-state index contributed by atoms with van der Waals surface area (Å²) in [6, 6.07) is 8.25. The van der Waals surface area contributed by atoms with Crippen LogP contribution in [-0.2, 0) is 6.54 Å². The summed E-state index contributed by atoms with van der Waals surface area (Å²) < 4.78 is 1.98.